The van der Waals surface area contributed by atoms with E-state index in [4.69, 9.17) is 21.6 Å². The molecule has 0 unspecified atom stereocenters. The van der Waals surface area contributed by atoms with Crippen molar-refractivity contribution in [1.29, 1.82) is 0 Å². The molecular weight excluding hydrogens is 330 g/mol. The van der Waals surface area contributed by atoms with Gasteiger partial charge in [0.05, 0.1) is 11.2 Å². The van der Waals surface area contributed by atoms with Crippen LogP contribution in [0.3, 0.4) is 0 Å². The van der Waals surface area contributed by atoms with Gasteiger partial charge in [0.1, 0.15) is 5.82 Å². The third-order valence-corrected chi connectivity index (χ3v) is 4.32. The Balaban J connectivity index is 1.77. The van der Waals surface area contributed by atoms with Gasteiger partial charge in [-0.25, -0.2) is 9.97 Å². The smallest absolute Gasteiger partial charge is 0.130 e. The van der Waals surface area contributed by atoms with Gasteiger partial charge in [-0.1, -0.05) is 48.0 Å². The average Bonchev–Trinajstić information content (AvgIpc) is 2.67. The lowest BCUT2D eigenvalue weighted by molar-refractivity contribution is 0.847. The Morgan fingerprint density at radius 2 is 1.64 bits per heavy atom. The summed E-state index contributed by atoms with van der Waals surface area (Å²) in [5.74, 6) is 0.819. The van der Waals surface area contributed by atoms with Gasteiger partial charge in [-0.15, -0.1) is 0 Å². The Bertz CT molecular complexity index is 1000. The summed E-state index contributed by atoms with van der Waals surface area (Å²) in [5, 5.41) is 1.66. The molecule has 0 saturated heterocycles. The Labute approximate surface area is 151 Å². The highest BCUT2D eigenvalue weighted by atomic mass is 35.5. The molecule has 4 aromatic rings. The molecular formula is C21H16ClN3. The van der Waals surface area contributed by atoms with Crippen LogP contribution in [0, 0.1) is 0 Å². The van der Waals surface area contributed by atoms with Crippen molar-refractivity contribution in [3.05, 3.63) is 89.5 Å². The number of nitrogens with zero attached hydrogens (tertiary/aromatic N) is 3. The number of aromatic nitrogens is 3. The summed E-state index contributed by atoms with van der Waals surface area (Å²) >= 11 is 6.20. The second kappa shape index (κ2) is 6.99. The molecule has 3 nitrogen and oxygen atoms in total. The normalized spacial score (nSPS) is 10.9. The van der Waals surface area contributed by atoms with Crippen molar-refractivity contribution in [3.63, 3.8) is 0 Å². The molecule has 4 rings (SSSR count). The number of pyridine rings is 1. The monoisotopic (exact) mass is 345 g/mol. The molecule has 0 fully saturated rings. The van der Waals surface area contributed by atoms with E-state index in [0.29, 0.717) is 5.02 Å². The number of rotatable bonds is 4. The van der Waals surface area contributed by atoms with Crippen LogP contribution in [0.2, 0.25) is 5.02 Å². The molecule has 0 saturated carbocycles. The van der Waals surface area contributed by atoms with E-state index >= 15 is 0 Å². The molecule has 0 aliphatic rings. The largest absolute Gasteiger partial charge is 0.261 e. The van der Waals surface area contributed by atoms with Crippen LogP contribution in [0.15, 0.2) is 72.9 Å². The number of hydrogen-bond acceptors (Lipinski definition) is 3. The quantitative estimate of drug-likeness (QED) is 0.514. The van der Waals surface area contributed by atoms with Crippen molar-refractivity contribution < 1.29 is 0 Å². The zero-order valence-electron chi connectivity index (χ0n) is 13.6. The maximum atomic E-state index is 6.20. The first-order chi connectivity index (χ1) is 12.3. The Morgan fingerprint density at radius 3 is 2.44 bits per heavy atom. The average molecular weight is 346 g/mol. The fraction of sp³-hybridized carbons (Fsp3) is 0.0952. The first-order valence-electron chi connectivity index (χ1n) is 8.21. The summed E-state index contributed by atoms with van der Waals surface area (Å²) in [7, 11) is 0. The Kier molecular flexibility index (Phi) is 4.40. The topological polar surface area (TPSA) is 38.7 Å². The predicted molar refractivity (Wildman–Crippen MR) is 102 cm³/mol. The number of fused-ring (bicyclic) bond motifs is 1. The minimum atomic E-state index is 0.689. The molecule has 0 N–H and O–H groups in total. The molecule has 0 spiro atoms. The van der Waals surface area contributed by atoms with Crippen LogP contribution >= 0.6 is 11.6 Å². The van der Waals surface area contributed by atoms with E-state index in [0.717, 1.165) is 46.5 Å². The van der Waals surface area contributed by atoms with Gasteiger partial charge >= 0.3 is 0 Å². The molecule has 0 aliphatic carbocycles. The minimum absolute atomic E-state index is 0.689. The summed E-state index contributed by atoms with van der Waals surface area (Å²) in [4.78, 5) is 13.9. The van der Waals surface area contributed by atoms with E-state index in [2.05, 4.69) is 17.1 Å². The minimum Gasteiger partial charge on any atom is -0.261 e. The van der Waals surface area contributed by atoms with Crippen molar-refractivity contribution in [1.82, 2.24) is 15.0 Å². The molecule has 122 valence electrons. The van der Waals surface area contributed by atoms with Gasteiger partial charge in [0.15, 0.2) is 0 Å². The zero-order chi connectivity index (χ0) is 17.1. The van der Waals surface area contributed by atoms with E-state index in [9.17, 15) is 0 Å². The molecule has 0 atom stereocenters. The predicted octanol–water partition coefficient (Wildman–Crippen LogP) is 5.13. The van der Waals surface area contributed by atoms with Gasteiger partial charge in [-0.3, -0.25) is 4.98 Å². The first-order valence-corrected chi connectivity index (χ1v) is 8.59. The maximum Gasteiger partial charge on any atom is 0.130 e. The lowest BCUT2D eigenvalue weighted by atomic mass is 10.1. The lowest BCUT2D eigenvalue weighted by Crippen LogP contribution is -2.02. The van der Waals surface area contributed by atoms with Crippen LogP contribution in [0.5, 0.6) is 0 Å². The first kappa shape index (κ1) is 15.7. The highest BCUT2D eigenvalue weighted by Crippen LogP contribution is 2.28. The van der Waals surface area contributed by atoms with Crippen molar-refractivity contribution in [2.75, 3.05) is 0 Å². The van der Waals surface area contributed by atoms with Gasteiger partial charge in [0, 0.05) is 34.3 Å². The number of aryl methyl sites for hydroxylation is 2. The number of halogens is 1. The van der Waals surface area contributed by atoms with Crippen LogP contribution in [-0.2, 0) is 12.8 Å². The molecule has 2 heterocycles. The van der Waals surface area contributed by atoms with Crippen LogP contribution in [0.4, 0.5) is 0 Å². The SMILES string of the molecule is Clc1ccc2nc(CCc3ccccn3)nc(-c3ccccc3)c2c1. The molecule has 0 bridgehead atoms. The summed E-state index contributed by atoms with van der Waals surface area (Å²) in [6, 6.07) is 21.9. The van der Waals surface area contributed by atoms with Gasteiger partial charge in [-0.05, 0) is 36.8 Å². The van der Waals surface area contributed by atoms with E-state index in [1.54, 1.807) is 0 Å². The van der Waals surface area contributed by atoms with E-state index in [1.165, 1.54) is 0 Å². The van der Waals surface area contributed by atoms with E-state index < -0.39 is 0 Å². The third kappa shape index (κ3) is 3.52. The second-order valence-corrected chi connectivity index (χ2v) is 6.27. The molecule has 0 aliphatic heterocycles. The maximum absolute atomic E-state index is 6.20. The van der Waals surface area contributed by atoms with Gasteiger partial charge in [0.2, 0.25) is 0 Å². The van der Waals surface area contributed by atoms with Crippen molar-refractivity contribution >= 4 is 22.5 Å². The molecule has 0 amide bonds. The number of hydrogen-bond donors (Lipinski definition) is 0. The van der Waals surface area contributed by atoms with Crippen molar-refractivity contribution in [2.24, 2.45) is 0 Å². The van der Waals surface area contributed by atoms with Crippen LogP contribution in [0.1, 0.15) is 11.5 Å². The highest BCUT2D eigenvalue weighted by molar-refractivity contribution is 6.31. The van der Waals surface area contributed by atoms with Gasteiger partial charge in [-0.2, -0.15) is 0 Å². The fourth-order valence-electron chi connectivity index (χ4n) is 2.86. The molecule has 25 heavy (non-hydrogen) atoms. The standard InChI is InChI=1S/C21H16ClN3/c22-16-9-11-19-18(14-16)21(15-6-2-1-3-7-15)25-20(24-19)12-10-17-8-4-5-13-23-17/h1-9,11,13-14H,10,12H2. The Morgan fingerprint density at radius 1 is 0.800 bits per heavy atom. The van der Waals surface area contributed by atoms with E-state index in [1.807, 2.05) is 60.8 Å². The third-order valence-electron chi connectivity index (χ3n) is 4.08. The van der Waals surface area contributed by atoms with Crippen LogP contribution in [0.25, 0.3) is 22.2 Å². The summed E-state index contributed by atoms with van der Waals surface area (Å²) in [6.07, 6.45) is 3.37. The molecule has 2 aromatic heterocycles. The Hall–Kier alpha value is -2.78. The summed E-state index contributed by atoms with van der Waals surface area (Å²) in [6.45, 7) is 0. The highest BCUT2D eigenvalue weighted by Gasteiger charge is 2.10. The molecule has 0 radical (unpaired) electrons. The lowest BCUT2D eigenvalue weighted by Gasteiger charge is -2.09. The summed E-state index contributed by atoms with van der Waals surface area (Å²) < 4.78 is 0. The molecule has 2 aromatic carbocycles. The zero-order valence-corrected chi connectivity index (χ0v) is 14.3. The van der Waals surface area contributed by atoms with Crippen molar-refractivity contribution in [2.45, 2.75) is 12.8 Å². The van der Waals surface area contributed by atoms with E-state index in [-0.39, 0.29) is 0 Å². The van der Waals surface area contributed by atoms with Crippen LogP contribution in [-0.4, -0.2) is 15.0 Å². The number of benzene rings is 2. The second-order valence-electron chi connectivity index (χ2n) is 5.84. The van der Waals surface area contributed by atoms with Crippen LogP contribution < -0.4 is 0 Å². The van der Waals surface area contributed by atoms with Crippen molar-refractivity contribution in [3.8, 4) is 11.3 Å². The van der Waals surface area contributed by atoms with Gasteiger partial charge < -0.3 is 0 Å². The fourth-order valence-corrected chi connectivity index (χ4v) is 3.03. The van der Waals surface area contributed by atoms with Gasteiger partial charge in [0.25, 0.3) is 0 Å². The molecule has 4 heteroatoms. The summed E-state index contributed by atoms with van der Waals surface area (Å²) in [5.41, 5.74) is 3.94.